The van der Waals surface area contributed by atoms with Crippen molar-refractivity contribution in [3.8, 4) is 22.9 Å². The maximum atomic E-state index is 12.9. The summed E-state index contributed by atoms with van der Waals surface area (Å²) in [6.45, 7) is 1.46. The lowest BCUT2D eigenvalue weighted by molar-refractivity contribution is 0.0695. The average Bonchev–Trinajstić information content (AvgIpc) is 3.84. The number of aromatic nitrogens is 7. The van der Waals surface area contributed by atoms with Gasteiger partial charge in [0.1, 0.15) is 17.0 Å². The summed E-state index contributed by atoms with van der Waals surface area (Å²) in [7, 11) is 0. The van der Waals surface area contributed by atoms with Crippen LogP contribution in [0.1, 0.15) is 46.9 Å². The van der Waals surface area contributed by atoms with Gasteiger partial charge in [0.2, 0.25) is 0 Å². The molecule has 5 aromatic heterocycles. The molecule has 1 aromatic carbocycles. The van der Waals surface area contributed by atoms with Gasteiger partial charge in [0.05, 0.1) is 5.56 Å². The Bertz CT molecular complexity index is 2000. The van der Waals surface area contributed by atoms with Gasteiger partial charge in [-0.15, -0.1) is 0 Å². The molecule has 0 radical (unpaired) electrons. The van der Waals surface area contributed by atoms with E-state index in [1.165, 1.54) is 11.1 Å². The monoisotopic (exact) mass is 596 g/mol. The first-order valence-corrected chi connectivity index (χ1v) is 15.3. The predicted molar refractivity (Wildman–Crippen MR) is 171 cm³/mol. The van der Waals surface area contributed by atoms with Crippen molar-refractivity contribution >= 4 is 22.9 Å². The second-order valence-electron chi connectivity index (χ2n) is 11.6. The zero-order valence-electron chi connectivity index (χ0n) is 24.6. The van der Waals surface area contributed by atoms with E-state index in [0.717, 1.165) is 61.2 Å². The quantitative estimate of drug-likeness (QED) is 0.287. The van der Waals surface area contributed by atoms with Crippen LogP contribution in [0.3, 0.4) is 0 Å². The zero-order valence-corrected chi connectivity index (χ0v) is 24.6. The molecule has 1 atom stereocenters. The first-order chi connectivity index (χ1) is 22.1. The van der Waals surface area contributed by atoms with Gasteiger partial charge >= 0.3 is 0 Å². The molecule has 1 fully saturated rings. The lowest BCUT2D eigenvalue weighted by Gasteiger charge is -2.34. The highest BCUT2D eigenvalue weighted by molar-refractivity contribution is 5.92. The molecule has 8 rings (SSSR count). The Morgan fingerprint density at radius 2 is 1.78 bits per heavy atom. The molecule has 0 bridgehead atoms. The average molecular weight is 597 g/mol. The number of hydrogen-bond donors (Lipinski definition) is 2. The van der Waals surface area contributed by atoms with Crippen molar-refractivity contribution in [3.05, 3.63) is 108 Å². The minimum absolute atomic E-state index is 0.0125. The number of nitrogens with one attached hydrogen (secondary N) is 1. The molecule has 1 unspecified atom stereocenters. The normalized spacial score (nSPS) is 16.7. The third-order valence-electron chi connectivity index (χ3n) is 8.87. The molecule has 0 spiro atoms. The number of imidazole rings is 1. The van der Waals surface area contributed by atoms with Crippen molar-refractivity contribution in [3.63, 3.8) is 0 Å². The molecule has 45 heavy (non-hydrogen) atoms. The van der Waals surface area contributed by atoms with Gasteiger partial charge in [-0.3, -0.25) is 14.3 Å². The van der Waals surface area contributed by atoms with E-state index in [-0.39, 0.29) is 11.9 Å². The Labute approximate surface area is 259 Å². The molecule has 11 heteroatoms. The molecule has 1 saturated heterocycles. The summed E-state index contributed by atoms with van der Waals surface area (Å²) in [5.74, 6) is 1.83. The SMILES string of the molecule is Nc1ncccc1-c1nc2ccc(-n3cccn3)nc2n1-c1ccc2c(c1)CCC2NC1CCN(C(=O)c2ccccn2)CC1. The van der Waals surface area contributed by atoms with Crippen LogP contribution < -0.4 is 11.1 Å². The second kappa shape index (κ2) is 11.3. The minimum atomic E-state index is 0.0125. The number of likely N-dealkylation sites (tertiary alicyclic amines) is 1. The number of carbonyl (C=O) groups excluding carboxylic acids is 1. The molecule has 0 saturated carbocycles. The molecule has 6 heterocycles. The lowest BCUT2D eigenvalue weighted by atomic mass is 10.0. The summed E-state index contributed by atoms with van der Waals surface area (Å²) in [6.07, 6.45) is 10.8. The molecule has 3 N–H and O–H groups in total. The highest BCUT2D eigenvalue weighted by Gasteiger charge is 2.29. The van der Waals surface area contributed by atoms with E-state index in [2.05, 4.69) is 43.1 Å². The number of hydrogen-bond acceptors (Lipinski definition) is 8. The number of anilines is 1. The van der Waals surface area contributed by atoms with E-state index >= 15 is 0 Å². The summed E-state index contributed by atoms with van der Waals surface area (Å²) in [4.78, 5) is 33.3. The van der Waals surface area contributed by atoms with Gasteiger partial charge < -0.3 is 16.0 Å². The van der Waals surface area contributed by atoms with Gasteiger partial charge in [0, 0.05) is 55.6 Å². The Balaban J connectivity index is 1.07. The fourth-order valence-electron chi connectivity index (χ4n) is 6.61. The smallest absolute Gasteiger partial charge is 0.272 e. The van der Waals surface area contributed by atoms with Crippen molar-refractivity contribution in [2.24, 2.45) is 0 Å². The summed E-state index contributed by atoms with van der Waals surface area (Å²) in [5.41, 5.74) is 12.7. The van der Waals surface area contributed by atoms with Crippen LogP contribution in [-0.4, -0.2) is 64.2 Å². The van der Waals surface area contributed by atoms with E-state index in [9.17, 15) is 4.79 Å². The van der Waals surface area contributed by atoms with Crippen LogP contribution in [0.5, 0.6) is 0 Å². The molecule has 1 amide bonds. The highest BCUT2D eigenvalue weighted by Crippen LogP contribution is 2.36. The number of aryl methyl sites for hydroxylation is 1. The number of nitrogens with two attached hydrogens (primary N) is 1. The van der Waals surface area contributed by atoms with Crippen molar-refractivity contribution < 1.29 is 4.79 Å². The first kappa shape index (κ1) is 27.2. The summed E-state index contributed by atoms with van der Waals surface area (Å²) in [5, 5.41) is 8.28. The number of rotatable bonds is 6. The maximum absolute atomic E-state index is 12.9. The third-order valence-corrected chi connectivity index (χ3v) is 8.87. The van der Waals surface area contributed by atoms with Crippen LogP contribution in [-0.2, 0) is 6.42 Å². The molecule has 2 aliphatic rings. The van der Waals surface area contributed by atoms with Gasteiger partial charge in [-0.2, -0.15) is 5.10 Å². The fraction of sp³-hybridized carbons (Fsp3) is 0.235. The largest absolute Gasteiger partial charge is 0.383 e. The number of benzene rings is 1. The number of piperidine rings is 1. The van der Waals surface area contributed by atoms with Gasteiger partial charge in [0.25, 0.3) is 5.91 Å². The van der Waals surface area contributed by atoms with E-state index in [1.54, 1.807) is 29.3 Å². The molecular formula is C34H32N10O. The standard InChI is InChI=1S/C34H32N10O/c35-31-26(5-3-16-37-31)32-40-28-11-12-30(43-18-4-17-38-43)41-33(28)44(32)24-8-9-25-22(21-24)7-10-27(25)39-23-13-19-42(20-14-23)34(45)29-6-1-2-15-36-29/h1-6,8-9,11-12,15-18,21,23,27,39H,7,10,13-14,19-20H2,(H2,35,37). The molecular weight excluding hydrogens is 564 g/mol. The van der Waals surface area contributed by atoms with Crippen molar-refractivity contribution in [1.29, 1.82) is 0 Å². The summed E-state index contributed by atoms with van der Waals surface area (Å²) in [6, 6.07) is 22.3. The molecule has 1 aliphatic carbocycles. The second-order valence-corrected chi connectivity index (χ2v) is 11.6. The van der Waals surface area contributed by atoms with Gasteiger partial charge in [-0.05, 0) is 91.4 Å². The van der Waals surface area contributed by atoms with Crippen LogP contribution in [0.2, 0.25) is 0 Å². The Morgan fingerprint density at radius 3 is 2.58 bits per heavy atom. The first-order valence-electron chi connectivity index (χ1n) is 15.3. The molecule has 11 nitrogen and oxygen atoms in total. The van der Waals surface area contributed by atoms with Crippen LogP contribution in [0.4, 0.5) is 5.82 Å². The summed E-state index contributed by atoms with van der Waals surface area (Å²) < 4.78 is 3.82. The predicted octanol–water partition coefficient (Wildman–Crippen LogP) is 4.53. The van der Waals surface area contributed by atoms with Crippen LogP contribution in [0, 0.1) is 0 Å². The Hall–Kier alpha value is -5.42. The Kier molecular flexibility index (Phi) is 6.79. The van der Waals surface area contributed by atoms with Gasteiger partial charge in [0.15, 0.2) is 17.3 Å². The van der Waals surface area contributed by atoms with E-state index < -0.39 is 0 Å². The van der Waals surface area contributed by atoms with E-state index in [0.29, 0.717) is 29.2 Å². The molecule has 6 aromatic rings. The zero-order chi connectivity index (χ0) is 30.3. The number of nitrogens with zero attached hydrogens (tertiary/aromatic N) is 8. The van der Waals surface area contributed by atoms with E-state index in [4.69, 9.17) is 15.7 Å². The number of carbonyl (C=O) groups is 1. The van der Waals surface area contributed by atoms with Crippen molar-refractivity contribution in [2.45, 2.75) is 37.8 Å². The molecule has 224 valence electrons. The van der Waals surface area contributed by atoms with Crippen LogP contribution in [0.25, 0.3) is 34.1 Å². The van der Waals surface area contributed by atoms with Crippen molar-refractivity contribution in [1.82, 2.24) is 44.5 Å². The van der Waals surface area contributed by atoms with Crippen LogP contribution in [0.15, 0.2) is 91.5 Å². The van der Waals surface area contributed by atoms with Crippen molar-refractivity contribution in [2.75, 3.05) is 18.8 Å². The highest BCUT2D eigenvalue weighted by atomic mass is 16.2. The number of nitrogen functional groups attached to an aromatic ring is 1. The lowest BCUT2D eigenvalue weighted by Crippen LogP contribution is -2.45. The fourth-order valence-corrected chi connectivity index (χ4v) is 6.61. The topological polar surface area (TPSA) is 133 Å². The van der Waals surface area contributed by atoms with Crippen LogP contribution >= 0.6 is 0 Å². The van der Waals surface area contributed by atoms with E-state index in [1.807, 2.05) is 53.6 Å². The Morgan fingerprint density at radius 1 is 0.889 bits per heavy atom. The number of fused-ring (bicyclic) bond motifs is 2. The number of amides is 1. The number of pyridine rings is 3. The third kappa shape index (κ3) is 5.00. The maximum Gasteiger partial charge on any atom is 0.272 e. The van der Waals surface area contributed by atoms with Gasteiger partial charge in [-0.1, -0.05) is 12.1 Å². The minimum Gasteiger partial charge on any atom is -0.383 e. The molecule has 1 aliphatic heterocycles. The summed E-state index contributed by atoms with van der Waals surface area (Å²) >= 11 is 0. The van der Waals surface area contributed by atoms with Gasteiger partial charge in [-0.25, -0.2) is 19.6 Å².